The van der Waals surface area contributed by atoms with E-state index in [9.17, 15) is 9.46 Å². The van der Waals surface area contributed by atoms with Crippen molar-refractivity contribution in [2.45, 2.75) is 142 Å². The van der Waals surface area contributed by atoms with Crippen LogP contribution < -0.4 is 0 Å². The fraction of sp³-hybridized carbons (Fsp3) is 1.00. The lowest BCUT2D eigenvalue weighted by Crippen LogP contribution is -2.38. The standard InChI is InChI=1S/C27H56NO4P/c1-4-5-6-7-8-9-10-11-12-13-14-15-16-17-18-19-24-31-33(29,30)32-27-20-22-28(23-21-27)25-26(2)3/h26-27H,4-25H2,1-3H3,(H,29,30). The third kappa shape index (κ3) is 19.0. The average Bonchev–Trinajstić information content (AvgIpc) is 2.76. The van der Waals surface area contributed by atoms with Crippen LogP contribution in [0.4, 0.5) is 0 Å². The fourth-order valence-corrected chi connectivity index (χ4v) is 5.77. The minimum atomic E-state index is -3.92. The Morgan fingerprint density at radius 1 is 0.788 bits per heavy atom. The molecule has 0 aromatic heterocycles. The van der Waals surface area contributed by atoms with E-state index in [0.29, 0.717) is 12.5 Å². The molecular formula is C27H56NO4P. The van der Waals surface area contributed by atoms with Crippen LogP contribution in [0.15, 0.2) is 0 Å². The van der Waals surface area contributed by atoms with Crippen LogP contribution in [-0.2, 0) is 13.6 Å². The maximum atomic E-state index is 12.2. The maximum absolute atomic E-state index is 12.2. The third-order valence-corrected chi connectivity index (χ3v) is 7.77. The zero-order valence-corrected chi connectivity index (χ0v) is 23.2. The Morgan fingerprint density at radius 3 is 1.64 bits per heavy atom. The number of piperidine rings is 1. The summed E-state index contributed by atoms with van der Waals surface area (Å²) in [6.45, 7) is 9.98. The summed E-state index contributed by atoms with van der Waals surface area (Å²) in [6, 6.07) is 0. The van der Waals surface area contributed by atoms with Crippen molar-refractivity contribution in [1.82, 2.24) is 4.90 Å². The van der Waals surface area contributed by atoms with E-state index in [0.717, 1.165) is 45.3 Å². The molecule has 0 bridgehead atoms. The monoisotopic (exact) mass is 489 g/mol. The number of unbranched alkanes of at least 4 members (excludes halogenated alkanes) is 15. The molecule has 1 fully saturated rings. The SMILES string of the molecule is CCCCCCCCCCCCCCCCCCOP(=O)(O)OC1CCN(CC(C)C)CC1. The normalized spacial score (nSPS) is 17.6. The second kappa shape index (κ2) is 20.3. The highest BCUT2D eigenvalue weighted by molar-refractivity contribution is 7.47. The number of hydrogen-bond donors (Lipinski definition) is 1. The van der Waals surface area contributed by atoms with Gasteiger partial charge in [-0.05, 0) is 25.2 Å². The van der Waals surface area contributed by atoms with Gasteiger partial charge in [-0.3, -0.25) is 9.05 Å². The van der Waals surface area contributed by atoms with Crippen LogP contribution in [0.3, 0.4) is 0 Å². The van der Waals surface area contributed by atoms with E-state index in [4.69, 9.17) is 9.05 Å². The molecule has 33 heavy (non-hydrogen) atoms. The summed E-state index contributed by atoms with van der Waals surface area (Å²) in [5.41, 5.74) is 0. The van der Waals surface area contributed by atoms with Gasteiger partial charge < -0.3 is 9.79 Å². The Bertz CT molecular complexity index is 481. The summed E-state index contributed by atoms with van der Waals surface area (Å²) in [5.74, 6) is 0.648. The van der Waals surface area contributed by atoms with E-state index < -0.39 is 7.82 Å². The molecule has 0 radical (unpaired) electrons. The number of phosphoric acid groups is 1. The van der Waals surface area contributed by atoms with Gasteiger partial charge in [0.15, 0.2) is 0 Å². The first-order chi connectivity index (χ1) is 15.9. The molecule has 1 atom stereocenters. The maximum Gasteiger partial charge on any atom is 0.472 e. The van der Waals surface area contributed by atoms with Crippen LogP contribution in [0.1, 0.15) is 136 Å². The van der Waals surface area contributed by atoms with Crippen LogP contribution in [0.25, 0.3) is 0 Å². The van der Waals surface area contributed by atoms with Crippen molar-refractivity contribution in [3.05, 3.63) is 0 Å². The second-order valence-corrected chi connectivity index (χ2v) is 12.0. The van der Waals surface area contributed by atoms with Crippen LogP contribution in [0, 0.1) is 5.92 Å². The minimum absolute atomic E-state index is 0.157. The first-order valence-electron chi connectivity index (χ1n) is 14.3. The predicted octanol–water partition coefficient (Wildman–Crippen LogP) is 8.50. The van der Waals surface area contributed by atoms with E-state index in [1.165, 1.54) is 89.9 Å². The zero-order valence-electron chi connectivity index (χ0n) is 22.3. The zero-order chi connectivity index (χ0) is 24.2. The predicted molar refractivity (Wildman–Crippen MR) is 141 cm³/mol. The first kappa shape index (κ1) is 31.1. The molecule has 0 aromatic rings. The second-order valence-electron chi connectivity index (χ2n) is 10.6. The molecule has 1 N–H and O–H groups in total. The fourth-order valence-electron chi connectivity index (χ4n) is 4.76. The topological polar surface area (TPSA) is 59.0 Å². The van der Waals surface area contributed by atoms with E-state index in [2.05, 4.69) is 25.7 Å². The molecule has 1 rings (SSSR count). The molecule has 1 unspecified atom stereocenters. The van der Waals surface area contributed by atoms with Gasteiger partial charge in [0.2, 0.25) is 0 Å². The summed E-state index contributed by atoms with van der Waals surface area (Å²) in [6.07, 6.45) is 22.5. The molecule has 1 saturated heterocycles. The molecule has 6 heteroatoms. The van der Waals surface area contributed by atoms with Gasteiger partial charge in [0.05, 0.1) is 12.7 Å². The van der Waals surface area contributed by atoms with Crippen LogP contribution >= 0.6 is 7.82 Å². The van der Waals surface area contributed by atoms with Crippen molar-refractivity contribution in [3.63, 3.8) is 0 Å². The van der Waals surface area contributed by atoms with Gasteiger partial charge in [0.25, 0.3) is 0 Å². The molecule has 0 amide bonds. The molecule has 1 aliphatic rings. The summed E-state index contributed by atoms with van der Waals surface area (Å²) in [4.78, 5) is 12.4. The highest BCUT2D eigenvalue weighted by Crippen LogP contribution is 2.46. The molecule has 1 heterocycles. The Balaban J connectivity index is 1.86. The van der Waals surface area contributed by atoms with E-state index in [1.807, 2.05) is 0 Å². The Labute approximate surface area is 206 Å². The number of phosphoric ester groups is 1. The third-order valence-electron chi connectivity index (χ3n) is 6.69. The van der Waals surface area contributed by atoms with Gasteiger partial charge in [-0.1, -0.05) is 117 Å². The van der Waals surface area contributed by atoms with Crippen molar-refractivity contribution >= 4 is 7.82 Å². The lowest BCUT2D eigenvalue weighted by Gasteiger charge is -2.33. The summed E-state index contributed by atoms with van der Waals surface area (Å²) in [5, 5.41) is 0. The van der Waals surface area contributed by atoms with E-state index >= 15 is 0 Å². The van der Waals surface area contributed by atoms with E-state index in [1.54, 1.807) is 0 Å². The molecule has 5 nitrogen and oxygen atoms in total. The first-order valence-corrected chi connectivity index (χ1v) is 15.8. The van der Waals surface area contributed by atoms with Crippen molar-refractivity contribution in [1.29, 1.82) is 0 Å². The number of hydrogen-bond acceptors (Lipinski definition) is 4. The smallest absolute Gasteiger partial charge is 0.303 e. The average molecular weight is 490 g/mol. The lowest BCUT2D eigenvalue weighted by molar-refractivity contribution is 0.0542. The van der Waals surface area contributed by atoms with Gasteiger partial charge in [-0.15, -0.1) is 0 Å². The van der Waals surface area contributed by atoms with Crippen molar-refractivity contribution in [3.8, 4) is 0 Å². The van der Waals surface area contributed by atoms with Gasteiger partial charge >= 0.3 is 7.82 Å². The molecule has 1 aliphatic heterocycles. The van der Waals surface area contributed by atoms with Gasteiger partial charge in [-0.2, -0.15) is 0 Å². The largest absolute Gasteiger partial charge is 0.472 e. The van der Waals surface area contributed by atoms with Crippen LogP contribution in [0.5, 0.6) is 0 Å². The van der Waals surface area contributed by atoms with Crippen LogP contribution in [-0.4, -0.2) is 42.1 Å². The Morgan fingerprint density at radius 2 is 1.21 bits per heavy atom. The lowest BCUT2D eigenvalue weighted by atomic mass is 10.0. The highest BCUT2D eigenvalue weighted by atomic mass is 31.2. The van der Waals surface area contributed by atoms with Crippen molar-refractivity contribution in [2.75, 3.05) is 26.2 Å². The summed E-state index contributed by atoms with van der Waals surface area (Å²) < 4.78 is 22.8. The van der Waals surface area contributed by atoms with Gasteiger partial charge in [0, 0.05) is 19.6 Å². The quantitative estimate of drug-likeness (QED) is 0.122. The van der Waals surface area contributed by atoms with Crippen molar-refractivity contribution < 1.29 is 18.5 Å². The van der Waals surface area contributed by atoms with Crippen molar-refractivity contribution in [2.24, 2.45) is 5.92 Å². The Kier molecular flexibility index (Phi) is 19.1. The molecule has 0 aromatic carbocycles. The number of rotatable bonds is 22. The van der Waals surface area contributed by atoms with Gasteiger partial charge in [-0.25, -0.2) is 4.57 Å². The number of nitrogens with zero attached hydrogens (tertiary/aromatic N) is 1. The van der Waals surface area contributed by atoms with Crippen LogP contribution in [0.2, 0.25) is 0 Å². The number of likely N-dealkylation sites (tertiary alicyclic amines) is 1. The molecular weight excluding hydrogens is 433 g/mol. The summed E-state index contributed by atoms with van der Waals surface area (Å²) >= 11 is 0. The highest BCUT2D eigenvalue weighted by Gasteiger charge is 2.29. The Hall–Kier alpha value is 0.0700. The van der Waals surface area contributed by atoms with Gasteiger partial charge in [0.1, 0.15) is 0 Å². The summed E-state index contributed by atoms with van der Waals surface area (Å²) in [7, 11) is -3.92. The molecule has 0 spiro atoms. The molecule has 198 valence electrons. The van der Waals surface area contributed by atoms with E-state index in [-0.39, 0.29) is 6.10 Å². The molecule has 0 saturated carbocycles. The minimum Gasteiger partial charge on any atom is -0.303 e. The molecule has 0 aliphatic carbocycles.